The Morgan fingerprint density at radius 3 is 2.74 bits per heavy atom. The average molecular weight is 451 g/mol. The molecule has 2 aromatic carbocycles. The Hall–Kier alpha value is -3.55. The quantitative estimate of drug-likeness (QED) is 0.341. The minimum atomic E-state index is -0.422. The van der Waals surface area contributed by atoms with Crippen LogP contribution in [0.3, 0.4) is 0 Å². The van der Waals surface area contributed by atoms with Gasteiger partial charge in [-0.25, -0.2) is 9.07 Å². The third kappa shape index (κ3) is 4.63. The van der Waals surface area contributed by atoms with Crippen molar-refractivity contribution >= 4 is 34.1 Å². The molecular weight excluding hydrogens is 435 g/mol. The van der Waals surface area contributed by atoms with E-state index < -0.39 is 5.82 Å². The molecule has 2 aromatic heterocycles. The van der Waals surface area contributed by atoms with Crippen molar-refractivity contribution in [2.75, 3.05) is 5.32 Å². The summed E-state index contributed by atoms with van der Waals surface area (Å²) in [6, 6.07) is 15.7. The van der Waals surface area contributed by atoms with Gasteiger partial charge in [0.2, 0.25) is 5.13 Å². The van der Waals surface area contributed by atoms with Gasteiger partial charge in [-0.15, -0.1) is 10.2 Å². The fraction of sp³-hybridized carbons (Fsp3) is 0.0952. The number of halogens is 1. The fourth-order valence-corrected chi connectivity index (χ4v) is 4.51. The highest BCUT2D eigenvalue weighted by atomic mass is 32.2. The van der Waals surface area contributed by atoms with Crippen LogP contribution in [0.2, 0.25) is 0 Å². The fourth-order valence-electron chi connectivity index (χ4n) is 2.80. The van der Waals surface area contributed by atoms with Crippen molar-refractivity contribution in [3.05, 3.63) is 82.9 Å². The number of carbonyl (C=O) groups excluding carboxylic acids is 1. The van der Waals surface area contributed by atoms with E-state index >= 15 is 0 Å². The summed E-state index contributed by atoms with van der Waals surface area (Å²) in [6.07, 6.45) is 1.40. The van der Waals surface area contributed by atoms with Crippen LogP contribution in [-0.4, -0.2) is 25.9 Å². The number of hydrogen-bond donors (Lipinski definition) is 1. The molecular formula is C21H15FN6OS2. The molecule has 0 saturated heterocycles. The van der Waals surface area contributed by atoms with E-state index in [0.29, 0.717) is 32.0 Å². The van der Waals surface area contributed by atoms with Gasteiger partial charge in [-0.05, 0) is 36.8 Å². The number of para-hydroxylation sites is 1. The van der Waals surface area contributed by atoms with Crippen molar-refractivity contribution in [2.45, 2.75) is 17.0 Å². The van der Waals surface area contributed by atoms with Crippen LogP contribution in [0, 0.1) is 24.1 Å². The number of thioether (sulfide) groups is 1. The number of aromatic nitrogens is 4. The summed E-state index contributed by atoms with van der Waals surface area (Å²) in [4.78, 5) is 12.7. The molecule has 0 atom stereocenters. The van der Waals surface area contributed by atoms with E-state index in [9.17, 15) is 9.18 Å². The van der Waals surface area contributed by atoms with Crippen LogP contribution in [0.5, 0.6) is 0 Å². The second-order valence-corrected chi connectivity index (χ2v) is 8.63. The van der Waals surface area contributed by atoms with Gasteiger partial charge in [-0.1, -0.05) is 47.4 Å². The smallest absolute Gasteiger partial charge is 0.260 e. The molecule has 4 rings (SSSR count). The SMILES string of the molecule is Cc1c(C(=O)Nc2nnc(SCc3ccc(C#N)cc3)s2)cnn1-c1ccccc1F. The summed E-state index contributed by atoms with van der Waals surface area (Å²) in [7, 11) is 0. The monoisotopic (exact) mass is 450 g/mol. The average Bonchev–Trinajstić information content (AvgIpc) is 3.39. The molecule has 7 nitrogen and oxygen atoms in total. The summed E-state index contributed by atoms with van der Waals surface area (Å²) >= 11 is 2.75. The lowest BCUT2D eigenvalue weighted by molar-refractivity contribution is 0.102. The highest BCUT2D eigenvalue weighted by Crippen LogP contribution is 2.29. The molecule has 0 aliphatic rings. The molecule has 0 bridgehead atoms. The maximum Gasteiger partial charge on any atom is 0.260 e. The van der Waals surface area contributed by atoms with E-state index in [1.165, 1.54) is 40.0 Å². The van der Waals surface area contributed by atoms with Crippen LogP contribution in [0.15, 0.2) is 59.1 Å². The number of amides is 1. The summed E-state index contributed by atoms with van der Waals surface area (Å²) in [5, 5.41) is 24.2. The minimum absolute atomic E-state index is 0.274. The van der Waals surface area contributed by atoms with Crippen molar-refractivity contribution < 1.29 is 9.18 Å². The number of nitrogens with zero attached hydrogens (tertiary/aromatic N) is 5. The summed E-state index contributed by atoms with van der Waals surface area (Å²) in [6.45, 7) is 1.70. The first kappa shape index (κ1) is 20.7. The lowest BCUT2D eigenvalue weighted by atomic mass is 10.2. The number of nitrogens with one attached hydrogen (secondary N) is 1. The molecule has 154 valence electrons. The molecule has 0 aliphatic carbocycles. The third-order valence-electron chi connectivity index (χ3n) is 4.41. The maximum absolute atomic E-state index is 14.1. The van der Waals surface area contributed by atoms with Gasteiger partial charge in [0.1, 0.15) is 11.5 Å². The first-order chi connectivity index (χ1) is 15.0. The van der Waals surface area contributed by atoms with Crippen LogP contribution in [-0.2, 0) is 5.75 Å². The van der Waals surface area contributed by atoms with E-state index in [0.717, 1.165) is 5.56 Å². The predicted molar refractivity (Wildman–Crippen MR) is 117 cm³/mol. The normalized spacial score (nSPS) is 10.6. The van der Waals surface area contributed by atoms with E-state index in [-0.39, 0.29) is 11.6 Å². The van der Waals surface area contributed by atoms with Crippen molar-refractivity contribution in [1.82, 2.24) is 20.0 Å². The second-order valence-electron chi connectivity index (χ2n) is 6.43. The van der Waals surface area contributed by atoms with E-state index in [2.05, 4.69) is 26.7 Å². The largest absolute Gasteiger partial charge is 0.296 e. The van der Waals surface area contributed by atoms with Crippen LogP contribution in [0.4, 0.5) is 9.52 Å². The summed E-state index contributed by atoms with van der Waals surface area (Å²) in [5.74, 6) is -0.142. The summed E-state index contributed by atoms with van der Waals surface area (Å²) in [5.41, 5.74) is 2.79. The number of hydrogen-bond acceptors (Lipinski definition) is 7. The molecule has 31 heavy (non-hydrogen) atoms. The summed E-state index contributed by atoms with van der Waals surface area (Å²) < 4.78 is 16.2. The third-order valence-corrected chi connectivity index (χ3v) is 6.45. The molecule has 1 amide bonds. The molecule has 4 aromatic rings. The van der Waals surface area contributed by atoms with Crippen molar-refractivity contribution in [3.63, 3.8) is 0 Å². The minimum Gasteiger partial charge on any atom is -0.296 e. The van der Waals surface area contributed by atoms with Crippen LogP contribution >= 0.6 is 23.1 Å². The van der Waals surface area contributed by atoms with Gasteiger partial charge in [0.05, 0.1) is 29.1 Å². The van der Waals surface area contributed by atoms with Gasteiger partial charge in [-0.3, -0.25) is 10.1 Å². The Morgan fingerprint density at radius 2 is 2.00 bits per heavy atom. The second kappa shape index (κ2) is 9.07. The zero-order valence-corrected chi connectivity index (χ0v) is 17.9. The van der Waals surface area contributed by atoms with Gasteiger partial charge < -0.3 is 0 Å². The molecule has 0 fully saturated rings. The topological polar surface area (TPSA) is 96.5 Å². The molecule has 0 spiro atoms. The lowest BCUT2D eigenvalue weighted by Crippen LogP contribution is -2.13. The molecule has 0 radical (unpaired) electrons. The van der Waals surface area contributed by atoms with Gasteiger partial charge in [0.15, 0.2) is 4.34 Å². The first-order valence-electron chi connectivity index (χ1n) is 9.11. The highest BCUT2D eigenvalue weighted by Gasteiger charge is 2.18. The molecule has 0 aliphatic heterocycles. The van der Waals surface area contributed by atoms with E-state index in [1.54, 1.807) is 37.3 Å². The van der Waals surface area contributed by atoms with Gasteiger partial charge >= 0.3 is 0 Å². The molecule has 0 unspecified atom stereocenters. The number of rotatable bonds is 6. The van der Waals surface area contributed by atoms with Gasteiger partial charge in [-0.2, -0.15) is 10.4 Å². The van der Waals surface area contributed by atoms with E-state index in [1.807, 2.05) is 12.1 Å². The zero-order valence-electron chi connectivity index (χ0n) is 16.2. The van der Waals surface area contributed by atoms with Crippen molar-refractivity contribution in [3.8, 4) is 11.8 Å². The van der Waals surface area contributed by atoms with Crippen molar-refractivity contribution in [1.29, 1.82) is 5.26 Å². The number of anilines is 1. The van der Waals surface area contributed by atoms with Crippen LogP contribution < -0.4 is 5.32 Å². The number of nitriles is 1. The van der Waals surface area contributed by atoms with Crippen LogP contribution in [0.1, 0.15) is 27.2 Å². The molecule has 0 saturated carbocycles. The Balaban J connectivity index is 1.41. The number of carbonyl (C=O) groups is 1. The van der Waals surface area contributed by atoms with Gasteiger partial charge in [0.25, 0.3) is 5.91 Å². The maximum atomic E-state index is 14.1. The molecule has 1 N–H and O–H groups in total. The number of benzene rings is 2. The molecule has 10 heteroatoms. The highest BCUT2D eigenvalue weighted by molar-refractivity contribution is 8.00. The lowest BCUT2D eigenvalue weighted by Gasteiger charge is -2.06. The zero-order chi connectivity index (χ0) is 21.8. The predicted octanol–water partition coefficient (Wildman–Crippen LogP) is 4.59. The Labute approximate surface area is 185 Å². The van der Waals surface area contributed by atoms with Crippen molar-refractivity contribution in [2.24, 2.45) is 0 Å². The van der Waals surface area contributed by atoms with E-state index in [4.69, 9.17) is 5.26 Å². The Morgan fingerprint density at radius 1 is 1.23 bits per heavy atom. The first-order valence-corrected chi connectivity index (χ1v) is 10.9. The molecule has 2 heterocycles. The Bertz CT molecular complexity index is 1280. The Kier molecular flexibility index (Phi) is 6.06. The van der Waals surface area contributed by atoms with Gasteiger partial charge in [0, 0.05) is 5.75 Å². The standard InChI is InChI=1S/C21H15FN6OS2/c1-13-16(11-24-28(13)18-5-3-2-4-17(18)22)19(29)25-20-26-27-21(31-20)30-12-15-8-6-14(10-23)7-9-15/h2-9,11H,12H2,1H3,(H,25,26,29). The van der Waals surface area contributed by atoms with Crippen LogP contribution in [0.25, 0.3) is 5.69 Å².